The molecule has 15 heavy (non-hydrogen) atoms. The van der Waals surface area contributed by atoms with Gasteiger partial charge in [-0.3, -0.25) is 0 Å². The molecule has 0 heterocycles. The Balaban J connectivity index is 2.86. The van der Waals surface area contributed by atoms with E-state index in [-0.39, 0.29) is 5.56 Å². The molecule has 1 rings (SSSR count). The predicted octanol–water partition coefficient (Wildman–Crippen LogP) is 3.54. The second-order valence-electron chi connectivity index (χ2n) is 3.13. The van der Waals surface area contributed by atoms with Crippen LogP contribution in [-0.2, 0) is 0 Å². The van der Waals surface area contributed by atoms with Gasteiger partial charge in [0.25, 0.3) is 0 Å². The molecule has 2 N–H and O–H groups in total. The van der Waals surface area contributed by atoms with Crippen molar-refractivity contribution in [3.05, 3.63) is 34.1 Å². The lowest BCUT2D eigenvalue weighted by atomic mass is 10.0. The van der Waals surface area contributed by atoms with E-state index in [4.69, 9.17) is 5.73 Å². The second-order valence-corrected chi connectivity index (χ2v) is 4.04. The van der Waals surface area contributed by atoms with Crippen molar-refractivity contribution in [2.75, 3.05) is 0 Å². The molecule has 0 fully saturated rings. The molecule has 0 aliphatic carbocycles. The fraction of sp³-hybridized carbons (Fsp3) is 0.333. The molecule has 1 aromatic rings. The molecule has 0 bridgehead atoms. The number of benzene rings is 1. The van der Waals surface area contributed by atoms with Crippen molar-refractivity contribution < 1.29 is 17.6 Å². The molecule has 1 nitrogen and oxygen atoms in total. The first-order valence-electron chi connectivity index (χ1n) is 4.06. The minimum atomic E-state index is -4.35. The third kappa shape index (κ3) is 4.17. The Morgan fingerprint density at radius 3 is 2.33 bits per heavy atom. The van der Waals surface area contributed by atoms with Crippen molar-refractivity contribution in [2.45, 2.75) is 18.6 Å². The molecule has 0 saturated heterocycles. The lowest BCUT2D eigenvalue weighted by molar-refractivity contribution is -0.138. The number of hydrogen-bond donors (Lipinski definition) is 1. The summed E-state index contributed by atoms with van der Waals surface area (Å²) in [6, 6.07) is 2.29. The number of halogens is 5. The molecule has 0 amide bonds. The summed E-state index contributed by atoms with van der Waals surface area (Å²) in [6.07, 6.45) is -5.51. The van der Waals surface area contributed by atoms with Crippen LogP contribution in [0.1, 0.15) is 18.0 Å². The third-order valence-corrected chi connectivity index (χ3v) is 2.22. The Morgan fingerprint density at radius 1 is 1.27 bits per heavy atom. The van der Waals surface area contributed by atoms with Gasteiger partial charge in [-0.05, 0) is 23.8 Å². The monoisotopic (exact) mass is 285 g/mol. The van der Waals surface area contributed by atoms with E-state index >= 15 is 0 Å². The van der Waals surface area contributed by atoms with Gasteiger partial charge in [0.1, 0.15) is 5.82 Å². The molecule has 1 atom stereocenters. The lowest BCUT2D eigenvalue weighted by Crippen LogP contribution is -2.20. The van der Waals surface area contributed by atoms with Gasteiger partial charge < -0.3 is 5.73 Å². The van der Waals surface area contributed by atoms with Crippen molar-refractivity contribution in [1.29, 1.82) is 0 Å². The van der Waals surface area contributed by atoms with Crippen LogP contribution < -0.4 is 5.73 Å². The van der Waals surface area contributed by atoms with Crippen LogP contribution in [0.5, 0.6) is 0 Å². The van der Waals surface area contributed by atoms with Gasteiger partial charge in [0, 0.05) is 10.5 Å². The number of rotatable bonds is 2. The fourth-order valence-corrected chi connectivity index (χ4v) is 1.64. The van der Waals surface area contributed by atoms with Crippen LogP contribution in [0.15, 0.2) is 22.7 Å². The zero-order valence-electron chi connectivity index (χ0n) is 7.48. The summed E-state index contributed by atoms with van der Waals surface area (Å²) in [6.45, 7) is 0. The topological polar surface area (TPSA) is 26.0 Å². The zero-order valence-corrected chi connectivity index (χ0v) is 9.07. The first-order chi connectivity index (χ1) is 6.78. The number of hydrogen-bond acceptors (Lipinski definition) is 1. The van der Waals surface area contributed by atoms with E-state index in [9.17, 15) is 17.6 Å². The minimum Gasteiger partial charge on any atom is -0.324 e. The lowest BCUT2D eigenvalue weighted by Gasteiger charge is -2.14. The minimum absolute atomic E-state index is 0.124. The van der Waals surface area contributed by atoms with Crippen LogP contribution in [0, 0.1) is 5.82 Å². The second kappa shape index (κ2) is 4.49. The molecular weight excluding hydrogens is 278 g/mol. The smallest absolute Gasteiger partial charge is 0.324 e. The van der Waals surface area contributed by atoms with Crippen molar-refractivity contribution in [2.24, 2.45) is 5.73 Å². The van der Waals surface area contributed by atoms with Gasteiger partial charge in [0.15, 0.2) is 0 Å². The Labute approximate surface area is 92.4 Å². The normalized spacial score (nSPS) is 14.0. The van der Waals surface area contributed by atoms with Crippen LogP contribution in [-0.4, -0.2) is 6.18 Å². The van der Waals surface area contributed by atoms with Gasteiger partial charge in [0.05, 0.1) is 6.42 Å². The maximum Gasteiger partial charge on any atom is 0.390 e. The molecule has 0 unspecified atom stereocenters. The zero-order chi connectivity index (χ0) is 11.6. The van der Waals surface area contributed by atoms with Crippen LogP contribution in [0.2, 0.25) is 0 Å². The maximum absolute atomic E-state index is 12.9. The standard InChI is InChI=1S/C9H8BrF4N/c10-6-1-5(2-7(11)3-6)8(15)4-9(12,13)14/h1-3,8H,4,15H2/t8-/m1/s1. The van der Waals surface area contributed by atoms with E-state index in [1.807, 2.05) is 0 Å². The van der Waals surface area contributed by atoms with Crippen molar-refractivity contribution >= 4 is 15.9 Å². The summed E-state index contributed by atoms with van der Waals surface area (Å²) in [5.41, 5.74) is 5.44. The van der Waals surface area contributed by atoms with Crippen LogP contribution in [0.4, 0.5) is 17.6 Å². The number of nitrogens with two attached hydrogens (primary N) is 1. The highest BCUT2D eigenvalue weighted by Gasteiger charge is 2.31. The Morgan fingerprint density at radius 2 is 1.87 bits per heavy atom. The van der Waals surface area contributed by atoms with E-state index in [2.05, 4.69) is 15.9 Å². The molecular formula is C9H8BrF4N. The summed E-state index contributed by atoms with van der Waals surface area (Å²) in [7, 11) is 0. The first kappa shape index (κ1) is 12.4. The summed E-state index contributed by atoms with van der Waals surface area (Å²) >= 11 is 2.98. The van der Waals surface area contributed by atoms with Gasteiger partial charge in [-0.25, -0.2) is 4.39 Å². The summed E-state index contributed by atoms with van der Waals surface area (Å²) in [4.78, 5) is 0. The summed E-state index contributed by atoms with van der Waals surface area (Å²) < 4.78 is 49.2. The van der Waals surface area contributed by atoms with E-state index in [1.165, 1.54) is 6.07 Å². The van der Waals surface area contributed by atoms with E-state index in [1.54, 1.807) is 0 Å². The maximum atomic E-state index is 12.9. The van der Waals surface area contributed by atoms with Crippen molar-refractivity contribution in [3.8, 4) is 0 Å². The fourth-order valence-electron chi connectivity index (χ4n) is 1.16. The SMILES string of the molecule is N[C@H](CC(F)(F)F)c1cc(F)cc(Br)c1. The van der Waals surface area contributed by atoms with Crippen molar-refractivity contribution in [1.82, 2.24) is 0 Å². The van der Waals surface area contributed by atoms with Gasteiger partial charge in [-0.2, -0.15) is 13.2 Å². The van der Waals surface area contributed by atoms with Gasteiger partial charge in [-0.15, -0.1) is 0 Å². The highest BCUT2D eigenvalue weighted by Crippen LogP contribution is 2.29. The van der Waals surface area contributed by atoms with E-state index in [0.717, 1.165) is 12.1 Å². The summed E-state index contributed by atoms with van der Waals surface area (Å²) in [5, 5.41) is 0. The molecule has 0 aliphatic rings. The molecule has 0 radical (unpaired) electrons. The Bertz CT molecular complexity index is 330. The van der Waals surface area contributed by atoms with Crippen LogP contribution in [0.25, 0.3) is 0 Å². The van der Waals surface area contributed by atoms with Gasteiger partial charge in [-0.1, -0.05) is 15.9 Å². The van der Waals surface area contributed by atoms with Crippen LogP contribution >= 0.6 is 15.9 Å². The summed E-state index contributed by atoms with van der Waals surface area (Å²) in [5.74, 6) is -0.614. The van der Waals surface area contributed by atoms with E-state index < -0.39 is 24.5 Å². The third-order valence-electron chi connectivity index (χ3n) is 1.76. The van der Waals surface area contributed by atoms with Gasteiger partial charge >= 0.3 is 6.18 Å². The average Bonchev–Trinajstić information content (AvgIpc) is 1.98. The highest BCUT2D eigenvalue weighted by atomic mass is 79.9. The quantitative estimate of drug-likeness (QED) is 0.827. The number of alkyl halides is 3. The molecule has 0 spiro atoms. The Kier molecular flexibility index (Phi) is 3.72. The first-order valence-corrected chi connectivity index (χ1v) is 4.85. The van der Waals surface area contributed by atoms with Crippen LogP contribution in [0.3, 0.4) is 0 Å². The molecule has 1 aromatic carbocycles. The van der Waals surface area contributed by atoms with E-state index in [0.29, 0.717) is 4.47 Å². The molecule has 0 aliphatic heterocycles. The molecule has 84 valence electrons. The van der Waals surface area contributed by atoms with Gasteiger partial charge in [0.2, 0.25) is 0 Å². The predicted molar refractivity (Wildman–Crippen MR) is 51.7 cm³/mol. The average molecular weight is 286 g/mol. The Hall–Kier alpha value is -0.620. The molecule has 0 aromatic heterocycles. The molecule has 0 saturated carbocycles. The van der Waals surface area contributed by atoms with Crippen molar-refractivity contribution in [3.63, 3.8) is 0 Å². The molecule has 6 heteroatoms. The highest BCUT2D eigenvalue weighted by molar-refractivity contribution is 9.10. The largest absolute Gasteiger partial charge is 0.390 e.